The van der Waals surface area contributed by atoms with E-state index in [4.69, 9.17) is 5.73 Å². The van der Waals surface area contributed by atoms with E-state index in [1.165, 1.54) is 21.4 Å². The van der Waals surface area contributed by atoms with Crippen molar-refractivity contribution in [3.8, 4) is 0 Å². The second kappa shape index (κ2) is 5.91. The van der Waals surface area contributed by atoms with Gasteiger partial charge in [-0.2, -0.15) is 0 Å². The highest BCUT2D eigenvalue weighted by molar-refractivity contribution is 9.10. The van der Waals surface area contributed by atoms with Crippen LogP contribution in [0.3, 0.4) is 0 Å². The Bertz CT molecular complexity index is 790. The maximum atomic E-state index is 11.6. The quantitative estimate of drug-likeness (QED) is 0.825. The third kappa shape index (κ3) is 3.27. The lowest BCUT2D eigenvalue weighted by molar-refractivity contribution is 0.535. The van der Waals surface area contributed by atoms with Gasteiger partial charge >= 0.3 is 5.69 Å². The lowest BCUT2D eigenvalue weighted by atomic mass is 10.3. The first-order chi connectivity index (χ1) is 9.47. The molecule has 0 aliphatic heterocycles. The second-order valence-corrected chi connectivity index (χ2v) is 5.13. The van der Waals surface area contributed by atoms with Crippen LogP contribution in [0.2, 0.25) is 0 Å². The second-order valence-electron chi connectivity index (χ2n) is 4.28. The molecule has 20 heavy (non-hydrogen) atoms. The number of aromatic nitrogens is 3. The van der Waals surface area contributed by atoms with Crippen LogP contribution in [-0.2, 0) is 13.1 Å². The zero-order valence-electron chi connectivity index (χ0n) is 10.5. The van der Waals surface area contributed by atoms with Gasteiger partial charge in [-0.25, -0.2) is 4.79 Å². The van der Waals surface area contributed by atoms with Crippen molar-refractivity contribution < 1.29 is 0 Å². The number of halogens is 1. The van der Waals surface area contributed by atoms with Crippen LogP contribution in [0.25, 0.3) is 0 Å². The predicted octanol–water partition coefficient (Wildman–Crippen LogP) is 0.133. The molecule has 0 aliphatic carbocycles. The van der Waals surface area contributed by atoms with Gasteiger partial charge in [-0.15, -0.1) is 0 Å². The van der Waals surface area contributed by atoms with Gasteiger partial charge in [-0.05, 0) is 28.4 Å². The predicted molar refractivity (Wildman–Crippen MR) is 78.8 cm³/mol. The molecule has 2 aromatic heterocycles. The summed E-state index contributed by atoms with van der Waals surface area (Å²) in [5.74, 6) is 0. The Balaban J connectivity index is 2.09. The van der Waals surface area contributed by atoms with Gasteiger partial charge in [-0.3, -0.25) is 19.1 Å². The molecule has 0 aliphatic rings. The highest BCUT2D eigenvalue weighted by Gasteiger charge is 2.02. The molecule has 0 atom stereocenters. The van der Waals surface area contributed by atoms with E-state index in [1.807, 2.05) is 0 Å². The molecule has 0 bridgehead atoms. The number of H-pyrrole nitrogens is 1. The van der Waals surface area contributed by atoms with Gasteiger partial charge in [-0.1, -0.05) is 0 Å². The van der Waals surface area contributed by atoms with E-state index < -0.39 is 11.2 Å². The van der Waals surface area contributed by atoms with Crippen molar-refractivity contribution in [2.45, 2.75) is 19.5 Å². The van der Waals surface area contributed by atoms with Gasteiger partial charge < -0.3 is 10.3 Å². The van der Waals surface area contributed by atoms with Crippen LogP contribution in [0, 0.1) is 0 Å². The highest BCUT2D eigenvalue weighted by Crippen LogP contribution is 2.00. The van der Waals surface area contributed by atoms with Gasteiger partial charge in [0.15, 0.2) is 0 Å². The zero-order valence-corrected chi connectivity index (χ0v) is 12.1. The van der Waals surface area contributed by atoms with Crippen LogP contribution in [0.1, 0.15) is 6.42 Å². The normalized spacial score (nSPS) is 10.7. The van der Waals surface area contributed by atoms with E-state index in [1.54, 1.807) is 12.3 Å². The molecule has 0 saturated heterocycles. The fourth-order valence-corrected chi connectivity index (χ4v) is 2.13. The summed E-state index contributed by atoms with van der Waals surface area (Å²) in [4.78, 5) is 36.5. The first-order valence-electron chi connectivity index (χ1n) is 5.92. The molecule has 8 heteroatoms. The van der Waals surface area contributed by atoms with E-state index in [0.717, 1.165) is 0 Å². The average Bonchev–Trinajstić information content (AvgIpc) is 2.39. The summed E-state index contributed by atoms with van der Waals surface area (Å²) in [5.41, 5.74) is 5.04. The van der Waals surface area contributed by atoms with Crippen molar-refractivity contribution in [3.05, 3.63) is 60.2 Å². The number of aromatic amines is 1. The Morgan fingerprint density at radius 1 is 1.10 bits per heavy atom. The fourth-order valence-electron chi connectivity index (χ4n) is 1.78. The van der Waals surface area contributed by atoms with Crippen LogP contribution in [0.15, 0.2) is 43.4 Å². The zero-order chi connectivity index (χ0) is 14.7. The highest BCUT2D eigenvalue weighted by atomic mass is 79.9. The SMILES string of the molecule is Nc1ccc(=O)n(CCCn2cc(Br)c(=O)[nH]c2=O)c1. The van der Waals surface area contributed by atoms with Crippen LogP contribution in [-0.4, -0.2) is 14.1 Å². The molecule has 0 radical (unpaired) electrons. The molecule has 0 spiro atoms. The molecule has 0 amide bonds. The minimum atomic E-state index is -0.474. The number of hydrogen-bond acceptors (Lipinski definition) is 4. The van der Waals surface area contributed by atoms with Crippen molar-refractivity contribution in [1.82, 2.24) is 14.1 Å². The van der Waals surface area contributed by atoms with Gasteiger partial charge in [0, 0.05) is 37.2 Å². The Morgan fingerprint density at radius 3 is 2.55 bits per heavy atom. The van der Waals surface area contributed by atoms with Crippen LogP contribution < -0.4 is 22.5 Å². The van der Waals surface area contributed by atoms with Gasteiger partial charge in [0.1, 0.15) is 0 Å². The van der Waals surface area contributed by atoms with Crippen molar-refractivity contribution in [2.24, 2.45) is 0 Å². The number of nitrogens with zero attached hydrogens (tertiary/aromatic N) is 2. The lowest BCUT2D eigenvalue weighted by Gasteiger charge is -2.08. The number of pyridine rings is 1. The van der Waals surface area contributed by atoms with E-state index >= 15 is 0 Å². The third-order valence-electron chi connectivity index (χ3n) is 2.77. The minimum absolute atomic E-state index is 0.144. The van der Waals surface area contributed by atoms with E-state index in [-0.39, 0.29) is 5.56 Å². The molecule has 7 nitrogen and oxygen atoms in total. The van der Waals surface area contributed by atoms with Crippen LogP contribution in [0.4, 0.5) is 5.69 Å². The van der Waals surface area contributed by atoms with Gasteiger partial charge in [0.25, 0.3) is 11.1 Å². The topological polar surface area (TPSA) is 103 Å². The molecular weight excluding hydrogens is 328 g/mol. The fraction of sp³-hybridized carbons (Fsp3) is 0.250. The standard InChI is InChI=1S/C12H13BrN4O3/c13-9-7-17(12(20)15-11(9)19)5-1-4-16-6-8(14)2-3-10(16)18/h2-3,6-7H,1,4-5,14H2,(H,15,19,20). The Kier molecular flexibility index (Phi) is 4.23. The molecule has 2 heterocycles. The van der Waals surface area contributed by atoms with Crippen molar-refractivity contribution in [3.63, 3.8) is 0 Å². The number of rotatable bonds is 4. The number of aryl methyl sites for hydroxylation is 2. The molecule has 0 unspecified atom stereocenters. The molecule has 2 aromatic rings. The molecule has 0 fully saturated rings. The maximum absolute atomic E-state index is 11.6. The Hall–Kier alpha value is -2.09. The van der Waals surface area contributed by atoms with Crippen LogP contribution in [0.5, 0.6) is 0 Å². The van der Waals surface area contributed by atoms with Crippen molar-refractivity contribution in [2.75, 3.05) is 5.73 Å². The first-order valence-corrected chi connectivity index (χ1v) is 6.72. The molecular formula is C12H13BrN4O3. The van der Waals surface area contributed by atoms with Gasteiger partial charge in [0.05, 0.1) is 4.47 Å². The van der Waals surface area contributed by atoms with Crippen molar-refractivity contribution >= 4 is 21.6 Å². The minimum Gasteiger partial charge on any atom is -0.398 e. The molecule has 2 rings (SSSR count). The van der Waals surface area contributed by atoms with E-state index in [9.17, 15) is 14.4 Å². The van der Waals surface area contributed by atoms with E-state index in [2.05, 4.69) is 20.9 Å². The molecule has 3 N–H and O–H groups in total. The maximum Gasteiger partial charge on any atom is 0.328 e. The summed E-state index contributed by atoms with van der Waals surface area (Å²) in [7, 11) is 0. The summed E-state index contributed by atoms with van der Waals surface area (Å²) in [5, 5.41) is 0. The average molecular weight is 341 g/mol. The summed E-state index contributed by atoms with van der Waals surface area (Å²) in [6.07, 6.45) is 3.55. The number of nitrogens with two attached hydrogens (primary N) is 1. The Morgan fingerprint density at radius 2 is 1.80 bits per heavy atom. The molecule has 106 valence electrons. The smallest absolute Gasteiger partial charge is 0.328 e. The molecule has 0 saturated carbocycles. The lowest BCUT2D eigenvalue weighted by Crippen LogP contribution is -2.30. The number of nitrogens with one attached hydrogen (secondary N) is 1. The Labute approximate surface area is 121 Å². The summed E-state index contributed by atoms with van der Waals surface area (Å²) < 4.78 is 3.16. The summed E-state index contributed by atoms with van der Waals surface area (Å²) in [6.45, 7) is 0.822. The number of anilines is 1. The number of nitrogen functional groups attached to an aromatic ring is 1. The van der Waals surface area contributed by atoms with Crippen LogP contribution >= 0.6 is 15.9 Å². The molecule has 0 aromatic carbocycles. The first kappa shape index (κ1) is 14.3. The number of hydrogen-bond donors (Lipinski definition) is 2. The van der Waals surface area contributed by atoms with Gasteiger partial charge in [0.2, 0.25) is 0 Å². The summed E-state index contributed by atoms with van der Waals surface area (Å²) >= 11 is 3.06. The monoisotopic (exact) mass is 340 g/mol. The third-order valence-corrected chi connectivity index (χ3v) is 3.34. The van der Waals surface area contributed by atoms with E-state index in [0.29, 0.717) is 29.7 Å². The van der Waals surface area contributed by atoms with Crippen molar-refractivity contribution in [1.29, 1.82) is 0 Å². The summed E-state index contributed by atoms with van der Waals surface area (Å²) in [6, 6.07) is 2.94. The largest absolute Gasteiger partial charge is 0.398 e.